The van der Waals surface area contributed by atoms with E-state index in [0.717, 1.165) is 71.6 Å². The Hall–Kier alpha value is -3.59. The molecule has 0 unspecified atom stereocenters. The predicted molar refractivity (Wildman–Crippen MR) is 147 cm³/mol. The monoisotopic (exact) mass is 573 g/mol. The van der Waals surface area contributed by atoms with E-state index in [1.54, 1.807) is 25.1 Å². The second-order valence-electron chi connectivity index (χ2n) is 10.5. The first-order valence-electron chi connectivity index (χ1n) is 13.8. The summed E-state index contributed by atoms with van der Waals surface area (Å²) >= 11 is 0. The number of benzene rings is 3. The van der Waals surface area contributed by atoms with Crippen LogP contribution in [0, 0.1) is 6.92 Å². The highest BCUT2D eigenvalue weighted by molar-refractivity contribution is 6.00. The molecule has 0 aromatic heterocycles. The Bertz CT molecular complexity index is 1390. The minimum absolute atomic E-state index is 0.0352. The summed E-state index contributed by atoms with van der Waals surface area (Å²) in [5, 5.41) is 0. The van der Waals surface area contributed by atoms with E-state index in [4.69, 9.17) is 4.74 Å². The topological polar surface area (TPSA) is 30.9 Å². The molecule has 0 N–H and O–H groups in total. The molecule has 1 atom stereocenters. The van der Waals surface area contributed by atoms with Crippen LogP contribution in [0.3, 0.4) is 0 Å². The third-order valence-corrected chi connectivity index (χ3v) is 7.65. The van der Waals surface area contributed by atoms with Crippen molar-refractivity contribution in [3.63, 3.8) is 0 Å². The van der Waals surface area contributed by atoms with Crippen LogP contribution in [0.5, 0.6) is 17.2 Å². The average Bonchev–Trinajstić information content (AvgIpc) is 3.30. The molecule has 1 aliphatic heterocycles. The van der Waals surface area contributed by atoms with E-state index < -0.39 is 6.36 Å². The van der Waals surface area contributed by atoms with E-state index in [9.17, 15) is 22.1 Å². The first-order valence-corrected chi connectivity index (χ1v) is 13.8. The van der Waals surface area contributed by atoms with Gasteiger partial charge in [-0.15, -0.1) is 13.2 Å². The highest BCUT2D eigenvalue weighted by atomic mass is 19.4. The van der Waals surface area contributed by atoms with Gasteiger partial charge in [0.05, 0.1) is 6.67 Å². The lowest BCUT2D eigenvalue weighted by Gasteiger charge is -2.20. The van der Waals surface area contributed by atoms with Gasteiger partial charge in [0.25, 0.3) is 0 Å². The Morgan fingerprint density at radius 1 is 0.902 bits per heavy atom. The molecular weight excluding hydrogens is 541 g/mol. The van der Waals surface area contributed by atoms with Crippen LogP contribution in [0.1, 0.15) is 53.5 Å². The molecule has 1 heterocycles. The summed E-state index contributed by atoms with van der Waals surface area (Å²) in [4.78, 5) is 6.20. The number of hydrogen-bond acceptors (Lipinski definition) is 4. The quantitative estimate of drug-likeness (QED) is 0.241. The number of ether oxygens (including phenoxy) is 2. The largest absolute Gasteiger partial charge is 0.573 e. The van der Waals surface area contributed by atoms with E-state index in [1.807, 2.05) is 30.3 Å². The SMILES string of the molecule is Cc1cc(OC(F)(F)F)ccc1C1=C(c2ccc(O[C@H]3CCN(CCCF)C3)cc2)c2ccc(OF)cc2CCC1. The highest BCUT2D eigenvalue weighted by Crippen LogP contribution is 2.42. The van der Waals surface area contributed by atoms with Gasteiger partial charge in [0.15, 0.2) is 5.75 Å². The summed E-state index contributed by atoms with van der Waals surface area (Å²) in [6.45, 7) is 3.81. The van der Waals surface area contributed by atoms with Gasteiger partial charge in [-0.2, -0.15) is 0 Å². The summed E-state index contributed by atoms with van der Waals surface area (Å²) in [7, 11) is 0. The zero-order valence-electron chi connectivity index (χ0n) is 22.8. The molecule has 5 rings (SSSR count). The summed E-state index contributed by atoms with van der Waals surface area (Å²) in [6.07, 6.45) is -1.21. The number of likely N-dealkylation sites (tertiary alicyclic amines) is 1. The van der Waals surface area contributed by atoms with Crippen LogP contribution >= 0.6 is 0 Å². The van der Waals surface area contributed by atoms with Gasteiger partial charge in [-0.3, -0.25) is 14.2 Å². The number of alkyl halides is 4. The number of hydrogen-bond donors (Lipinski definition) is 0. The van der Waals surface area contributed by atoms with Crippen molar-refractivity contribution in [3.05, 3.63) is 88.5 Å². The van der Waals surface area contributed by atoms with Gasteiger partial charge in [0.1, 0.15) is 17.6 Å². The number of rotatable bonds is 9. The van der Waals surface area contributed by atoms with Crippen LogP contribution in [-0.4, -0.2) is 43.7 Å². The van der Waals surface area contributed by atoms with Gasteiger partial charge in [-0.25, -0.2) is 0 Å². The molecule has 3 aromatic carbocycles. The molecule has 2 aliphatic rings. The van der Waals surface area contributed by atoms with E-state index in [2.05, 4.69) is 14.6 Å². The average molecular weight is 574 g/mol. The van der Waals surface area contributed by atoms with Gasteiger partial charge >= 0.3 is 6.36 Å². The first kappa shape index (κ1) is 28.9. The fourth-order valence-electron chi connectivity index (χ4n) is 5.86. The van der Waals surface area contributed by atoms with Crippen LogP contribution in [0.4, 0.5) is 22.1 Å². The zero-order chi connectivity index (χ0) is 29.0. The number of halogens is 5. The van der Waals surface area contributed by atoms with Gasteiger partial charge in [0, 0.05) is 24.2 Å². The van der Waals surface area contributed by atoms with Crippen molar-refractivity contribution in [2.45, 2.75) is 51.5 Å². The van der Waals surface area contributed by atoms with Crippen LogP contribution in [0.2, 0.25) is 0 Å². The lowest BCUT2D eigenvalue weighted by Crippen LogP contribution is -2.26. The molecule has 1 saturated heterocycles. The third-order valence-electron chi connectivity index (χ3n) is 7.65. The fraction of sp³-hybridized carbons (Fsp3) is 0.375. The molecule has 4 nitrogen and oxygen atoms in total. The maximum Gasteiger partial charge on any atom is 0.573 e. The van der Waals surface area contributed by atoms with E-state index in [0.29, 0.717) is 24.8 Å². The van der Waals surface area contributed by atoms with Gasteiger partial charge in [-0.05, 0) is 114 Å². The van der Waals surface area contributed by atoms with Crippen LogP contribution in [0.15, 0.2) is 60.7 Å². The number of aryl methyl sites for hydroxylation is 2. The molecule has 1 fully saturated rings. The maximum atomic E-state index is 13.0. The Labute approximate surface area is 236 Å². The molecular formula is C32H32F5NO3. The second kappa shape index (κ2) is 12.5. The standard InChI is InChI=1S/C32H32F5NO3/c1-21-18-25(40-32(34,35)36)10-12-28(21)30-5-2-4-23-19-26(41-37)11-13-29(23)31(30)22-6-8-24(9-7-22)39-27-14-17-38(20-27)16-3-15-33/h6-13,18-19,27H,2-5,14-17,20H2,1H3/t27-/m0/s1. The summed E-state index contributed by atoms with van der Waals surface area (Å²) < 4.78 is 74.4. The third kappa shape index (κ3) is 7.01. The van der Waals surface area contributed by atoms with Gasteiger partial charge in [-0.1, -0.05) is 24.3 Å². The Balaban J connectivity index is 1.50. The van der Waals surface area contributed by atoms with E-state index in [-0.39, 0.29) is 24.3 Å². The van der Waals surface area contributed by atoms with Crippen molar-refractivity contribution in [1.82, 2.24) is 4.90 Å². The maximum absolute atomic E-state index is 13.0. The Morgan fingerprint density at radius 3 is 2.34 bits per heavy atom. The van der Waals surface area contributed by atoms with Gasteiger partial charge < -0.3 is 9.47 Å². The molecule has 9 heteroatoms. The molecule has 0 saturated carbocycles. The molecule has 218 valence electrons. The lowest BCUT2D eigenvalue weighted by atomic mass is 9.86. The lowest BCUT2D eigenvalue weighted by molar-refractivity contribution is -0.274. The van der Waals surface area contributed by atoms with Crippen molar-refractivity contribution in [2.75, 3.05) is 26.3 Å². The molecule has 0 amide bonds. The van der Waals surface area contributed by atoms with Crippen molar-refractivity contribution in [3.8, 4) is 17.2 Å². The second-order valence-corrected chi connectivity index (χ2v) is 10.5. The van der Waals surface area contributed by atoms with Crippen LogP contribution < -0.4 is 14.4 Å². The number of allylic oxidation sites excluding steroid dienone is 1. The van der Waals surface area contributed by atoms with Crippen molar-refractivity contribution >= 4 is 11.1 Å². The first-order chi connectivity index (χ1) is 19.7. The van der Waals surface area contributed by atoms with Crippen LogP contribution in [0.25, 0.3) is 11.1 Å². The molecule has 3 aromatic rings. The van der Waals surface area contributed by atoms with Crippen LogP contribution in [-0.2, 0) is 6.42 Å². The fourth-order valence-corrected chi connectivity index (χ4v) is 5.86. The van der Waals surface area contributed by atoms with Crippen molar-refractivity contribution < 1.29 is 36.5 Å². The Morgan fingerprint density at radius 2 is 1.63 bits per heavy atom. The summed E-state index contributed by atoms with van der Waals surface area (Å²) in [5.74, 6) is 0.585. The Kier molecular flexibility index (Phi) is 8.82. The summed E-state index contributed by atoms with van der Waals surface area (Å²) in [6, 6.07) is 17.3. The molecule has 0 spiro atoms. The molecule has 41 heavy (non-hydrogen) atoms. The minimum Gasteiger partial charge on any atom is -0.489 e. The zero-order valence-corrected chi connectivity index (χ0v) is 22.8. The van der Waals surface area contributed by atoms with E-state index >= 15 is 0 Å². The van der Waals surface area contributed by atoms with E-state index in [1.165, 1.54) is 12.1 Å². The number of fused-ring (bicyclic) bond motifs is 1. The summed E-state index contributed by atoms with van der Waals surface area (Å²) in [5.41, 5.74) is 6.16. The molecule has 1 aliphatic carbocycles. The van der Waals surface area contributed by atoms with Crippen molar-refractivity contribution in [1.29, 1.82) is 0 Å². The van der Waals surface area contributed by atoms with Gasteiger partial charge in [0.2, 0.25) is 0 Å². The number of nitrogens with zero attached hydrogens (tertiary/aromatic N) is 1. The smallest absolute Gasteiger partial charge is 0.489 e. The highest BCUT2D eigenvalue weighted by Gasteiger charge is 2.31. The normalized spacial score (nSPS) is 17.8. The van der Waals surface area contributed by atoms with Crippen molar-refractivity contribution in [2.24, 2.45) is 0 Å². The minimum atomic E-state index is -4.77. The molecule has 0 bridgehead atoms. The molecule has 0 radical (unpaired) electrons. The predicted octanol–water partition coefficient (Wildman–Crippen LogP) is 8.27.